The Morgan fingerprint density at radius 2 is 2.08 bits per heavy atom. The van der Waals surface area contributed by atoms with Crippen molar-refractivity contribution in [2.45, 2.75) is 33.1 Å². The van der Waals surface area contributed by atoms with Gasteiger partial charge in [-0.05, 0) is 38.8 Å². The SMILES string of the molecule is CCOC(=O)C1CCCN(C(=O)Cc2nc(-c3ccccc3)oc2C)C1. The monoisotopic (exact) mass is 356 g/mol. The van der Waals surface area contributed by atoms with Gasteiger partial charge in [-0.2, -0.15) is 0 Å². The molecular weight excluding hydrogens is 332 g/mol. The van der Waals surface area contributed by atoms with E-state index in [1.54, 1.807) is 11.8 Å². The van der Waals surface area contributed by atoms with Gasteiger partial charge in [-0.3, -0.25) is 9.59 Å². The van der Waals surface area contributed by atoms with Crippen LogP contribution in [0.4, 0.5) is 0 Å². The zero-order chi connectivity index (χ0) is 18.5. The Morgan fingerprint density at radius 1 is 1.31 bits per heavy atom. The second-order valence-electron chi connectivity index (χ2n) is 6.50. The molecule has 1 aromatic carbocycles. The zero-order valence-corrected chi connectivity index (χ0v) is 15.2. The predicted octanol–water partition coefficient (Wildman–Crippen LogP) is 2.99. The molecule has 3 rings (SSSR count). The number of piperidine rings is 1. The Balaban J connectivity index is 1.66. The van der Waals surface area contributed by atoms with Crippen LogP contribution in [-0.4, -0.2) is 41.5 Å². The standard InChI is InChI=1S/C20H24N2O4/c1-3-25-20(24)16-10-7-11-22(13-16)18(23)12-17-14(2)26-19(21-17)15-8-5-4-6-9-15/h4-6,8-9,16H,3,7,10-13H2,1-2H3. The number of likely N-dealkylation sites (tertiary alicyclic amines) is 1. The Hall–Kier alpha value is -2.63. The van der Waals surface area contributed by atoms with Gasteiger partial charge < -0.3 is 14.1 Å². The molecule has 1 aliphatic heterocycles. The van der Waals surface area contributed by atoms with E-state index in [0.29, 0.717) is 37.0 Å². The van der Waals surface area contributed by atoms with Crippen molar-refractivity contribution >= 4 is 11.9 Å². The van der Waals surface area contributed by atoms with Gasteiger partial charge in [-0.1, -0.05) is 18.2 Å². The van der Waals surface area contributed by atoms with E-state index in [2.05, 4.69) is 4.98 Å². The minimum Gasteiger partial charge on any atom is -0.466 e. The van der Waals surface area contributed by atoms with Gasteiger partial charge in [0, 0.05) is 18.7 Å². The van der Waals surface area contributed by atoms with Crippen molar-refractivity contribution in [3.63, 3.8) is 0 Å². The molecule has 0 spiro atoms. The Labute approximate surface area is 153 Å². The molecule has 2 aromatic rings. The third-order valence-electron chi connectivity index (χ3n) is 4.63. The van der Waals surface area contributed by atoms with E-state index in [-0.39, 0.29) is 24.2 Å². The number of ether oxygens (including phenoxy) is 1. The average molecular weight is 356 g/mol. The van der Waals surface area contributed by atoms with Gasteiger partial charge in [-0.15, -0.1) is 0 Å². The summed E-state index contributed by atoms with van der Waals surface area (Å²) in [5.74, 6) is 0.694. The summed E-state index contributed by atoms with van der Waals surface area (Å²) >= 11 is 0. The van der Waals surface area contributed by atoms with Crippen molar-refractivity contribution in [1.29, 1.82) is 0 Å². The Morgan fingerprint density at radius 3 is 2.81 bits per heavy atom. The molecule has 1 atom stereocenters. The van der Waals surface area contributed by atoms with Crippen molar-refractivity contribution in [2.24, 2.45) is 5.92 Å². The molecule has 0 radical (unpaired) electrons. The molecule has 0 bridgehead atoms. The molecule has 1 amide bonds. The number of nitrogens with zero attached hydrogens (tertiary/aromatic N) is 2. The molecular formula is C20H24N2O4. The van der Waals surface area contributed by atoms with E-state index in [4.69, 9.17) is 9.15 Å². The maximum absolute atomic E-state index is 12.7. The number of aryl methyl sites for hydroxylation is 1. The van der Waals surface area contributed by atoms with Crippen LogP contribution in [0, 0.1) is 12.8 Å². The molecule has 1 fully saturated rings. The molecule has 0 saturated carbocycles. The summed E-state index contributed by atoms with van der Waals surface area (Å²) in [6.45, 7) is 5.06. The van der Waals surface area contributed by atoms with E-state index < -0.39 is 0 Å². The van der Waals surface area contributed by atoms with E-state index in [1.807, 2.05) is 37.3 Å². The largest absolute Gasteiger partial charge is 0.466 e. The predicted molar refractivity (Wildman–Crippen MR) is 96.3 cm³/mol. The molecule has 6 heteroatoms. The van der Waals surface area contributed by atoms with Crippen LogP contribution in [0.25, 0.3) is 11.5 Å². The van der Waals surface area contributed by atoms with Crippen molar-refractivity contribution < 1.29 is 18.7 Å². The highest BCUT2D eigenvalue weighted by Crippen LogP contribution is 2.23. The van der Waals surface area contributed by atoms with Gasteiger partial charge in [0.05, 0.1) is 24.6 Å². The molecule has 2 heterocycles. The molecule has 1 aromatic heterocycles. The first-order valence-electron chi connectivity index (χ1n) is 9.04. The van der Waals surface area contributed by atoms with Gasteiger partial charge in [0.2, 0.25) is 11.8 Å². The first kappa shape index (κ1) is 18.2. The van der Waals surface area contributed by atoms with Crippen LogP contribution in [0.2, 0.25) is 0 Å². The Bertz CT molecular complexity index is 769. The van der Waals surface area contributed by atoms with Crippen LogP contribution < -0.4 is 0 Å². The number of esters is 1. The molecule has 138 valence electrons. The second kappa shape index (κ2) is 8.17. The number of hydrogen-bond acceptors (Lipinski definition) is 5. The van der Waals surface area contributed by atoms with Gasteiger partial charge in [0.15, 0.2) is 0 Å². The third kappa shape index (κ3) is 4.12. The number of rotatable bonds is 5. The van der Waals surface area contributed by atoms with Gasteiger partial charge in [-0.25, -0.2) is 4.98 Å². The number of carbonyl (C=O) groups is 2. The highest BCUT2D eigenvalue weighted by molar-refractivity contribution is 5.80. The fourth-order valence-electron chi connectivity index (χ4n) is 3.21. The lowest BCUT2D eigenvalue weighted by atomic mass is 9.98. The fraction of sp³-hybridized carbons (Fsp3) is 0.450. The summed E-state index contributed by atoms with van der Waals surface area (Å²) in [5.41, 5.74) is 1.53. The summed E-state index contributed by atoms with van der Waals surface area (Å²) in [4.78, 5) is 30.9. The maximum atomic E-state index is 12.7. The number of carbonyl (C=O) groups excluding carboxylic acids is 2. The van der Waals surface area contributed by atoms with Gasteiger partial charge in [0.1, 0.15) is 5.76 Å². The molecule has 26 heavy (non-hydrogen) atoms. The number of hydrogen-bond donors (Lipinski definition) is 0. The number of oxazole rings is 1. The Kier molecular flexibility index (Phi) is 5.71. The van der Waals surface area contributed by atoms with Crippen LogP contribution >= 0.6 is 0 Å². The molecule has 0 N–H and O–H groups in total. The smallest absolute Gasteiger partial charge is 0.310 e. The molecule has 6 nitrogen and oxygen atoms in total. The maximum Gasteiger partial charge on any atom is 0.310 e. The second-order valence-corrected chi connectivity index (χ2v) is 6.50. The van der Waals surface area contributed by atoms with Crippen molar-refractivity contribution in [2.75, 3.05) is 19.7 Å². The fourth-order valence-corrected chi connectivity index (χ4v) is 3.21. The van der Waals surface area contributed by atoms with Crippen molar-refractivity contribution in [3.05, 3.63) is 41.8 Å². The lowest BCUT2D eigenvalue weighted by Crippen LogP contribution is -2.43. The van der Waals surface area contributed by atoms with Crippen LogP contribution in [0.3, 0.4) is 0 Å². The highest BCUT2D eigenvalue weighted by atomic mass is 16.5. The highest BCUT2D eigenvalue weighted by Gasteiger charge is 2.30. The molecule has 1 aliphatic rings. The van der Waals surface area contributed by atoms with E-state index in [0.717, 1.165) is 18.4 Å². The van der Waals surface area contributed by atoms with Crippen LogP contribution in [0.5, 0.6) is 0 Å². The minimum atomic E-state index is -0.231. The summed E-state index contributed by atoms with van der Waals surface area (Å²) in [6.07, 6.45) is 1.75. The average Bonchev–Trinajstić information content (AvgIpc) is 3.03. The first-order valence-corrected chi connectivity index (χ1v) is 9.04. The van der Waals surface area contributed by atoms with E-state index in [9.17, 15) is 9.59 Å². The van der Waals surface area contributed by atoms with Crippen molar-refractivity contribution in [3.8, 4) is 11.5 Å². The lowest BCUT2D eigenvalue weighted by Gasteiger charge is -2.31. The third-order valence-corrected chi connectivity index (χ3v) is 4.63. The first-order chi connectivity index (χ1) is 12.6. The lowest BCUT2D eigenvalue weighted by molar-refractivity contribution is -0.151. The minimum absolute atomic E-state index is 0.0324. The summed E-state index contributed by atoms with van der Waals surface area (Å²) in [5, 5.41) is 0. The normalized spacial score (nSPS) is 17.2. The summed E-state index contributed by atoms with van der Waals surface area (Å²) in [6, 6.07) is 9.61. The van der Waals surface area contributed by atoms with Crippen molar-refractivity contribution in [1.82, 2.24) is 9.88 Å². The number of benzene rings is 1. The van der Waals surface area contributed by atoms with Crippen LogP contribution in [-0.2, 0) is 20.7 Å². The van der Waals surface area contributed by atoms with Crippen LogP contribution in [0.15, 0.2) is 34.7 Å². The zero-order valence-electron chi connectivity index (χ0n) is 15.2. The number of aromatic nitrogens is 1. The van der Waals surface area contributed by atoms with Gasteiger partial charge >= 0.3 is 5.97 Å². The quantitative estimate of drug-likeness (QED) is 0.770. The summed E-state index contributed by atoms with van der Waals surface area (Å²) < 4.78 is 10.8. The van der Waals surface area contributed by atoms with E-state index in [1.165, 1.54) is 0 Å². The summed E-state index contributed by atoms with van der Waals surface area (Å²) in [7, 11) is 0. The molecule has 1 unspecified atom stereocenters. The topological polar surface area (TPSA) is 72.6 Å². The van der Waals surface area contributed by atoms with Crippen LogP contribution in [0.1, 0.15) is 31.2 Å². The number of amides is 1. The van der Waals surface area contributed by atoms with Gasteiger partial charge in [0.25, 0.3) is 0 Å². The van der Waals surface area contributed by atoms with E-state index >= 15 is 0 Å². The molecule has 1 saturated heterocycles. The molecule has 0 aliphatic carbocycles.